The number of amides is 1. The number of morpholine rings is 1. The van der Waals surface area contributed by atoms with Gasteiger partial charge in [0.15, 0.2) is 0 Å². The number of fused-ring (bicyclic) bond motifs is 1. The van der Waals surface area contributed by atoms with Gasteiger partial charge in [-0.15, -0.1) is 0 Å². The van der Waals surface area contributed by atoms with E-state index in [1.807, 2.05) is 40.8 Å². The molecule has 1 aromatic heterocycles. The van der Waals surface area contributed by atoms with Crippen LogP contribution in [0.3, 0.4) is 0 Å². The molecule has 0 aliphatic carbocycles. The number of halogens is 3. The summed E-state index contributed by atoms with van der Waals surface area (Å²) in [4.78, 5) is 17.8. The smallest absolute Gasteiger partial charge is 0.257 e. The van der Waals surface area contributed by atoms with Gasteiger partial charge in [-0.1, -0.05) is 53.0 Å². The molecule has 1 aliphatic heterocycles. The molecule has 0 bridgehead atoms. The van der Waals surface area contributed by atoms with E-state index in [-0.39, 0.29) is 5.91 Å². The highest BCUT2D eigenvalue weighted by Gasteiger charge is 2.25. The van der Waals surface area contributed by atoms with Crippen molar-refractivity contribution in [2.24, 2.45) is 0 Å². The topological polar surface area (TPSA) is 59.4 Å². The summed E-state index contributed by atoms with van der Waals surface area (Å²) >= 11 is 18.9. The number of benzene rings is 2. The summed E-state index contributed by atoms with van der Waals surface area (Å²) in [5, 5.41) is 3.36. The van der Waals surface area contributed by atoms with Crippen LogP contribution in [0, 0.1) is 0 Å². The summed E-state index contributed by atoms with van der Waals surface area (Å²) in [5.74, 6) is 0.573. The van der Waals surface area contributed by atoms with Crippen LogP contribution in [0.2, 0.25) is 15.1 Å². The molecule has 0 radical (unpaired) electrons. The third-order valence-electron chi connectivity index (χ3n) is 5.16. The lowest BCUT2D eigenvalue weighted by molar-refractivity contribution is -0.130. The van der Waals surface area contributed by atoms with Crippen LogP contribution in [0.4, 0.5) is 0 Å². The van der Waals surface area contributed by atoms with Gasteiger partial charge in [0.05, 0.1) is 34.3 Å². The monoisotopic (exact) mass is 466 g/mol. The fraction of sp³-hybridized carbons (Fsp3) is 0.333. The zero-order valence-electron chi connectivity index (χ0n) is 16.4. The summed E-state index contributed by atoms with van der Waals surface area (Å²) in [6.07, 6.45) is 0.471. The fourth-order valence-corrected chi connectivity index (χ4v) is 4.07. The maximum absolute atomic E-state index is 13.0. The molecule has 1 N–H and O–H groups in total. The Hall–Kier alpha value is -1.83. The minimum Gasteiger partial charge on any atom is -0.379 e. The zero-order valence-corrected chi connectivity index (χ0v) is 18.6. The SMILES string of the molecule is C[C@@H](C(=O)NN1CCOCC1)n1c(Cc2ccccc2Cl)nc2cc(Cl)c(Cl)cc21. The Morgan fingerprint density at radius 2 is 1.83 bits per heavy atom. The Balaban J connectivity index is 1.72. The number of hydrogen-bond acceptors (Lipinski definition) is 4. The number of carbonyl (C=O) groups excluding carboxylic acids is 1. The standard InChI is InChI=1S/C21H21Cl3N4O2/c1-13(21(29)26-27-6-8-30-9-7-27)28-19-12-17(24)16(23)11-18(19)25-20(28)10-14-4-2-3-5-15(14)22/h2-5,11-13H,6-10H2,1H3,(H,26,29)/t13-/m0/s1. The van der Waals surface area contributed by atoms with Crippen molar-refractivity contribution >= 4 is 51.7 Å². The maximum atomic E-state index is 13.0. The second-order valence-electron chi connectivity index (χ2n) is 7.17. The Bertz CT molecular complexity index is 1080. The first kappa shape index (κ1) is 21.4. The summed E-state index contributed by atoms with van der Waals surface area (Å²) in [5.41, 5.74) is 5.33. The molecule has 4 rings (SSSR count). The summed E-state index contributed by atoms with van der Waals surface area (Å²) in [6.45, 7) is 4.33. The molecule has 9 heteroatoms. The first-order valence-corrected chi connectivity index (χ1v) is 10.8. The predicted octanol–water partition coefficient (Wildman–Crippen LogP) is 4.51. The van der Waals surface area contributed by atoms with Crippen LogP contribution in [0.25, 0.3) is 11.0 Å². The van der Waals surface area contributed by atoms with Gasteiger partial charge in [-0.2, -0.15) is 0 Å². The Labute approximate surface area is 189 Å². The largest absolute Gasteiger partial charge is 0.379 e. The van der Waals surface area contributed by atoms with Gasteiger partial charge < -0.3 is 9.30 Å². The van der Waals surface area contributed by atoms with E-state index in [9.17, 15) is 4.79 Å². The van der Waals surface area contributed by atoms with Crippen LogP contribution in [-0.2, 0) is 16.0 Å². The van der Waals surface area contributed by atoms with Gasteiger partial charge in [-0.3, -0.25) is 10.2 Å². The van der Waals surface area contributed by atoms with Gasteiger partial charge in [0.25, 0.3) is 5.91 Å². The molecule has 1 atom stereocenters. The third-order valence-corrected chi connectivity index (χ3v) is 6.25. The van der Waals surface area contributed by atoms with E-state index in [4.69, 9.17) is 44.5 Å². The number of nitrogens with one attached hydrogen (secondary N) is 1. The van der Waals surface area contributed by atoms with E-state index in [0.717, 1.165) is 11.1 Å². The number of imidazole rings is 1. The Kier molecular flexibility index (Phi) is 6.51. The lowest BCUT2D eigenvalue weighted by Gasteiger charge is -2.28. The van der Waals surface area contributed by atoms with Crippen LogP contribution < -0.4 is 5.43 Å². The summed E-state index contributed by atoms with van der Waals surface area (Å²) < 4.78 is 7.24. The molecule has 2 aromatic carbocycles. The molecular weight excluding hydrogens is 447 g/mol. The number of carbonyl (C=O) groups is 1. The number of hydrazine groups is 1. The van der Waals surface area contributed by atoms with Gasteiger partial charge >= 0.3 is 0 Å². The first-order valence-electron chi connectivity index (χ1n) is 9.66. The van der Waals surface area contributed by atoms with E-state index >= 15 is 0 Å². The van der Waals surface area contributed by atoms with E-state index in [1.54, 1.807) is 12.1 Å². The van der Waals surface area contributed by atoms with Crippen LogP contribution >= 0.6 is 34.8 Å². The van der Waals surface area contributed by atoms with E-state index < -0.39 is 6.04 Å². The van der Waals surface area contributed by atoms with Crippen molar-refractivity contribution in [2.75, 3.05) is 26.3 Å². The molecule has 0 saturated carbocycles. The number of hydrogen-bond donors (Lipinski definition) is 1. The molecular formula is C21H21Cl3N4O2. The second-order valence-corrected chi connectivity index (χ2v) is 8.39. The van der Waals surface area contributed by atoms with E-state index in [2.05, 4.69) is 5.43 Å². The number of rotatable bonds is 5. The van der Waals surface area contributed by atoms with Gasteiger partial charge in [0.1, 0.15) is 11.9 Å². The normalized spacial score (nSPS) is 16.0. The first-order chi connectivity index (χ1) is 14.4. The molecule has 1 saturated heterocycles. The number of aromatic nitrogens is 2. The molecule has 1 fully saturated rings. The van der Waals surface area contributed by atoms with Crippen LogP contribution in [0.5, 0.6) is 0 Å². The molecule has 2 heterocycles. The molecule has 1 aliphatic rings. The van der Waals surface area contributed by atoms with Gasteiger partial charge in [0.2, 0.25) is 0 Å². The van der Waals surface area contributed by atoms with Gasteiger partial charge in [-0.05, 0) is 30.7 Å². The predicted molar refractivity (Wildman–Crippen MR) is 119 cm³/mol. The minimum atomic E-state index is -0.521. The average Bonchev–Trinajstić information content (AvgIpc) is 3.06. The van der Waals surface area contributed by atoms with E-state index in [0.29, 0.717) is 59.1 Å². The van der Waals surface area contributed by atoms with Crippen molar-refractivity contribution in [1.82, 2.24) is 20.0 Å². The second kappa shape index (κ2) is 9.12. The zero-order chi connectivity index (χ0) is 21.3. The van der Waals surface area contributed by atoms with Crippen LogP contribution in [0.1, 0.15) is 24.4 Å². The molecule has 0 spiro atoms. The Morgan fingerprint density at radius 1 is 1.13 bits per heavy atom. The molecule has 158 valence electrons. The van der Waals surface area contributed by atoms with Crippen molar-refractivity contribution < 1.29 is 9.53 Å². The average molecular weight is 468 g/mol. The van der Waals surface area contributed by atoms with Crippen molar-refractivity contribution in [3.05, 3.63) is 62.9 Å². The Morgan fingerprint density at radius 3 is 2.57 bits per heavy atom. The van der Waals surface area contributed by atoms with Crippen LogP contribution in [0.15, 0.2) is 36.4 Å². The highest BCUT2D eigenvalue weighted by atomic mass is 35.5. The highest BCUT2D eigenvalue weighted by Crippen LogP contribution is 2.31. The molecule has 0 unspecified atom stereocenters. The quantitative estimate of drug-likeness (QED) is 0.600. The molecule has 3 aromatic rings. The maximum Gasteiger partial charge on any atom is 0.257 e. The third kappa shape index (κ3) is 4.43. The van der Waals surface area contributed by atoms with Crippen molar-refractivity contribution in [2.45, 2.75) is 19.4 Å². The van der Waals surface area contributed by atoms with E-state index in [1.165, 1.54) is 0 Å². The van der Waals surface area contributed by atoms with Crippen molar-refractivity contribution in [3.63, 3.8) is 0 Å². The van der Waals surface area contributed by atoms with Crippen molar-refractivity contribution in [3.8, 4) is 0 Å². The van der Waals surface area contributed by atoms with Gasteiger partial charge in [0, 0.05) is 24.5 Å². The van der Waals surface area contributed by atoms with Crippen molar-refractivity contribution in [1.29, 1.82) is 0 Å². The summed E-state index contributed by atoms with van der Waals surface area (Å²) in [7, 11) is 0. The highest BCUT2D eigenvalue weighted by molar-refractivity contribution is 6.42. The van der Waals surface area contributed by atoms with Gasteiger partial charge in [-0.25, -0.2) is 9.99 Å². The molecule has 30 heavy (non-hydrogen) atoms. The van der Waals surface area contributed by atoms with Crippen LogP contribution in [-0.4, -0.2) is 46.8 Å². The summed E-state index contributed by atoms with van der Waals surface area (Å²) in [6, 6.07) is 10.5. The lowest BCUT2D eigenvalue weighted by atomic mass is 10.1. The minimum absolute atomic E-state index is 0.136. The number of nitrogens with zero attached hydrogens (tertiary/aromatic N) is 3. The molecule has 6 nitrogen and oxygen atoms in total. The number of ether oxygens (including phenoxy) is 1. The molecule has 1 amide bonds. The fourth-order valence-electron chi connectivity index (χ4n) is 3.55. The lowest BCUT2D eigenvalue weighted by Crippen LogP contribution is -2.50.